The second-order valence-corrected chi connectivity index (χ2v) is 4.64. The average molecular weight is 297 g/mol. The summed E-state index contributed by atoms with van der Waals surface area (Å²) in [5.41, 5.74) is 2.41. The first-order chi connectivity index (χ1) is 10.3. The molecule has 0 amide bonds. The summed E-state index contributed by atoms with van der Waals surface area (Å²) >= 11 is 0. The van der Waals surface area contributed by atoms with Crippen molar-refractivity contribution >= 4 is 11.9 Å². The van der Waals surface area contributed by atoms with Gasteiger partial charge < -0.3 is 14.8 Å². The summed E-state index contributed by atoms with van der Waals surface area (Å²) in [6.45, 7) is 7.72. The van der Waals surface area contributed by atoms with Crippen LogP contribution in [0.2, 0.25) is 0 Å². The molecule has 118 valence electrons. The van der Waals surface area contributed by atoms with Crippen molar-refractivity contribution in [3.8, 4) is 6.01 Å². The molecule has 0 bridgehead atoms. The van der Waals surface area contributed by atoms with E-state index in [9.17, 15) is 0 Å². The third-order valence-electron chi connectivity index (χ3n) is 2.99. The standard InChI is InChI=1S/C12H23N7O2/c1-2-7-21-12-16-10(15-11(17-12)18-13)14-3-4-19-5-8-20-9-6-19/h2-9,13H2,1H3,(H2,14,15,16,17,18). The van der Waals surface area contributed by atoms with Crippen molar-refractivity contribution in [1.29, 1.82) is 0 Å². The Labute approximate surface area is 124 Å². The van der Waals surface area contributed by atoms with Crippen LogP contribution in [0.25, 0.3) is 0 Å². The molecule has 0 unspecified atom stereocenters. The Morgan fingerprint density at radius 2 is 2.00 bits per heavy atom. The van der Waals surface area contributed by atoms with Gasteiger partial charge in [-0.1, -0.05) is 6.92 Å². The summed E-state index contributed by atoms with van der Waals surface area (Å²) in [6.07, 6.45) is 0.886. The van der Waals surface area contributed by atoms with Gasteiger partial charge in [0.05, 0.1) is 19.8 Å². The molecule has 2 rings (SSSR count). The van der Waals surface area contributed by atoms with Crippen LogP contribution in [0.5, 0.6) is 6.01 Å². The molecule has 0 saturated carbocycles. The summed E-state index contributed by atoms with van der Waals surface area (Å²) < 4.78 is 10.7. The minimum atomic E-state index is 0.272. The van der Waals surface area contributed by atoms with E-state index < -0.39 is 0 Å². The molecule has 1 aromatic rings. The maximum atomic E-state index is 5.41. The number of hydrogen-bond acceptors (Lipinski definition) is 9. The number of nitrogens with two attached hydrogens (primary N) is 1. The maximum absolute atomic E-state index is 5.41. The Kier molecular flexibility index (Phi) is 6.38. The van der Waals surface area contributed by atoms with Crippen LogP contribution in [0.3, 0.4) is 0 Å². The molecule has 2 heterocycles. The zero-order chi connectivity index (χ0) is 14.9. The van der Waals surface area contributed by atoms with Crippen LogP contribution in [0, 0.1) is 0 Å². The van der Waals surface area contributed by atoms with Gasteiger partial charge in [-0.05, 0) is 6.42 Å². The van der Waals surface area contributed by atoms with Crippen molar-refractivity contribution in [2.75, 3.05) is 56.7 Å². The van der Waals surface area contributed by atoms with Crippen molar-refractivity contribution in [3.05, 3.63) is 0 Å². The molecular formula is C12H23N7O2. The molecule has 9 nitrogen and oxygen atoms in total. The second kappa shape index (κ2) is 8.55. The number of morpholine rings is 1. The van der Waals surface area contributed by atoms with Crippen molar-refractivity contribution in [2.45, 2.75) is 13.3 Å². The number of nitrogens with one attached hydrogen (secondary N) is 2. The van der Waals surface area contributed by atoms with E-state index in [1.807, 2.05) is 6.92 Å². The van der Waals surface area contributed by atoms with Gasteiger partial charge in [0.15, 0.2) is 0 Å². The Hall–Kier alpha value is -1.71. The van der Waals surface area contributed by atoms with Crippen LogP contribution in [-0.4, -0.2) is 65.9 Å². The largest absolute Gasteiger partial charge is 0.463 e. The Morgan fingerprint density at radius 1 is 1.24 bits per heavy atom. The van der Waals surface area contributed by atoms with E-state index in [4.69, 9.17) is 15.3 Å². The van der Waals surface area contributed by atoms with Gasteiger partial charge in [-0.25, -0.2) is 5.84 Å². The number of ether oxygens (including phenoxy) is 2. The number of hydrazine groups is 1. The molecule has 4 N–H and O–H groups in total. The predicted octanol–water partition coefficient (Wildman–Crippen LogP) is -0.310. The SMILES string of the molecule is CCCOc1nc(NN)nc(NCCN2CCOCC2)n1. The van der Waals surface area contributed by atoms with Gasteiger partial charge in [-0.3, -0.25) is 10.3 Å². The van der Waals surface area contributed by atoms with E-state index in [1.54, 1.807) is 0 Å². The highest BCUT2D eigenvalue weighted by molar-refractivity contribution is 5.34. The molecule has 0 aliphatic carbocycles. The monoisotopic (exact) mass is 297 g/mol. The summed E-state index contributed by atoms with van der Waals surface area (Å²) in [5.74, 6) is 6.09. The van der Waals surface area contributed by atoms with Crippen LogP contribution >= 0.6 is 0 Å². The lowest BCUT2D eigenvalue weighted by molar-refractivity contribution is 0.0398. The van der Waals surface area contributed by atoms with E-state index in [2.05, 4.69) is 30.6 Å². The fourth-order valence-electron chi connectivity index (χ4n) is 1.91. The molecule has 0 atom stereocenters. The number of hydrogen-bond donors (Lipinski definition) is 3. The van der Waals surface area contributed by atoms with Gasteiger partial charge in [0.2, 0.25) is 11.9 Å². The molecule has 21 heavy (non-hydrogen) atoms. The lowest BCUT2D eigenvalue weighted by atomic mass is 10.4. The summed E-state index contributed by atoms with van der Waals surface area (Å²) in [5, 5.41) is 3.16. The number of rotatable bonds is 8. The molecule has 0 aromatic carbocycles. The highest BCUT2D eigenvalue weighted by Gasteiger charge is 2.10. The minimum absolute atomic E-state index is 0.272. The minimum Gasteiger partial charge on any atom is -0.463 e. The molecule has 0 spiro atoms. The van der Waals surface area contributed by atoms with Crippen LogP contribution < -0.4 is 21.3 Å². The van der Waals surface area contributed by atoms with Crippen molar-refractivity contribution in [1.82, 2.24) is 19.9 Å². The quantitative estimate of drug-likeness (QED) is 0.439. The first kappa shape index (κ1) is 15.7. The summed E-state index contributed by atoms with van der Waals surface area (Å²) in [6, 6.07) is 0.272. The van der Waals surface area contributed by atoms with E-state index in [-0.39, 0.29) is 12.0 Å². The molecule has 9 heteroatoms. The van der Waals surface area contributed by atoms with Gasteiger partial charge in [0.25, 0.3) is 0 Å². The fraction of sp³-hybridized carbons (Fsp3) is 0.750. The molecule has 0 radical (unpaired) electrons. The smallest absolute Gasteiger partial charge is 0.323 e. The predicted molar refractivity (Wildman–Crippen MR) is 79.2 cm³/mol. The van der Waals surface area contributed by atoms with Crippen LogP contribution in [-0.2, 0) is 4.74 Å². The van der Waals surface area contributed by atoms with Crippen LogP contribution in [0.15, 0.2) is 0 Å². The summed E-state index contributed by atoms with van der Waals surface area (Å²) in [4.78, 5) is 14.7. The zero-order valence-corrected chi connectivity index (χ0v) is 12.3. The van der Waals surface area contributed by atoms with Gasteiger partial charge >= 0.3 is 6.01 Å². The van der Waals surface area contributed by atoms with E-state index in [0.717, 1.165) is 45.8 Å². The highest BCUT2D eigenvalue weighted by Crippen LogP contribution is 2.10. The lowest BCUT2D eigenvalue weighted by Crippen LogP contribution is -2.39. The Balaban J connectivity index is 1.85. The third-order valence-corrected chi connectivity index (χ3v) is 2.99. The van der Waals surface area contributed by atoms with E-state index in [1.165, 1.54) is 0 Å². The van der Waals surface area contributed by atoms with E-state index in [0.29, 0.717) is 12.6 Å². The molecule has 1 fully saturated rings. The van der Waals surface area contributed by atoms with Gasteiger partial charge in [-0.15, -0.1) is 0 Å². The molecule has 1 aliphatic heterocycles. The molecular weight excluding hydrogens is 274 g/mol. The maximum Gasteiger partial charge on any atom is 0.323 e. The number of nitrogens with zero attached hydrogens (tertiary/aromatic N) is 4. The van der Waals surface area contributed by atoms with Crippen molar-refractivity contribution in [2.24, 2.45) is 5.84 Å². The lowest BCUT2D eigenvalue weighted by Gasteiger charge is -2.26. The number of aromatic nitrogens is 3. The Bertz CT molecular complexity index is 426. The average Bonchev–Trinajstić information content (AvgIpc) is 2.53. The number of nitrogen functional groups attached to an aromatic ring is 1. The van der Waals surface area contributed by atoms with Crippen LogP contribution in [0.1, 0.15) is 13.3 Å². The molecule has 1 saturated heterocycles. The molecule has 1 aromatic heterocycles. The third kappa shape index (κ3) is 5.29. The van der Waals surface area contributed by atoms with Crippen molar-refractivity contribution in [3.63, 3.8) is 0 Å². The Morgan fingerprint density at radius 3 is 2.71 bits per heavy atom. The number of anilines is 2. The fourth-order valence-corrected chi connectivity index (χ4v) is 1.91. The summed E-state index contributed by atoms with van der Waals surface area (Å²) in [7, 11) is 0. The first-order valence-corrected chi connectivity index (χ1v) is 7.21. The van der Waals surface area contributed by atoms with Crippen molar-refractivity contribution < 1.29 is 9.47 Å². The second-order valence-electron chi connectivity index (χ2n) is 4.64. The first-order valence-electron chi connectivity index (χ1n) is 7.21. The van der Waals surface area contributed by atoms with Gasteiger partial charge in [0.1, 0.15) is 0 Å². The topological polar surface area (TPSA) is 110 Å². The van der Waals surface area contributed by atoms with Crippen LogP contribution in [0.4, 0.5) is 11.9 Å². The zero-order valence-electron chi connectivity index (χ0n) is 12.3. The van der Waals surface area contributed by atoms with Gasteiger partial charge in [-0.2, -0.15) is 15.0 Å². The highest BCUT2D eigenvalue weighted by atomic mass is 16.5. The van der Waals surface area contributed by atoms with E-state index >= 15 is 0 Å². The van der Waals surface area contributed by atoms with Gasteiger partial charge in [0, 0.05) is 26.2 Å². The normalized spacial score (nSPS) is 15.7. The molecule has 1 aliphatic rings.